The molecule has 1 atom stereocenters. The molecule has 2 aromatic heterocycles. The summed E-state index contributed by atoms with van der Waals surface area (Å²) < 4.78 is 0. The average molecular weight is 246 g/mol. The van der Waals surface area contributed by atoms with Crippen molar-refractivity contribution in [2.45, 2.75) is 25.8 Å². The second-order valence-corrected chi connectivity index (χ2v) is 4.94. The van der Waals surface area contributed by atoms with Crippen molar-refractivity contribution in [3.8, 4) is 0 Å². The number of hydrogen-bond donors (Lipinski definition) is 1. The highest BCUT2D eigenvalue weighted by Gasteiger charge is 2.09. The molecule has 90 valence electrons. The van der Waals surface area contributed by atoms with Crippen molar-refractivity contribution in [3.63, 3.8) is 0 Å². The molecule has 0 amide bonds. The van der Waals surface area contributed by atoms with Crippen LogP contribution in [0.4, 0.5) is 0 Å². The molecule has 0 saturated carbocycles. The summed E-state index contributed by atoms with van der Waals surface area (Å²) >= 11 is 1.77. The largest absolute Gasteiger partial charge is 0.314 e. The number of thiophene rings is 1. The average Bonchev–Trinajstić information content (AvgIpc) is 2.83. The van der Waals surface area contributed by atoms with Gasteiger partial charge in [-0.3, -0.25) is 4.98 Å². The van der Waals surface area contributed by atoms with Crippen molar-refractivity contribution in [2.75, 3.05) is 6.54 Å². The van der Waals surface area contributed by atoms with Crippen LogP contribution in [0.5, 0.6) is 0 Å². The maximum atomic E-state index is 4.17. The summed E-state index contributed by atoms with van der Waals surface area (Å²) in [6, 6.07) is 6.85. The summed E-state index contributed by atoms with van der Waals surface area (Å²) in [4.78, 5) is 4.17. The Morgan fingerprint density at radius 2 is 2.18 bits per heavy atom. The Hall–Kier alpha value is -1.19. The molecule has 2 heterocycles. The fourth-order valence-corrected chi connectivity index (χ4v) is 2.68. The number of nitrogens with zero attached hydrogens (tertiary/aromatic N) is 1. The van der Waals surface area contributed by atoms with Gasteiger partial charge in [-0.2, -0.15) is 11.3 Å². The summed E-state index contributed by atoms with van der Waals surface area (Å²) in [5.74, 6) is 0. The molecule has 0 aliphatic heterocycles. The Kier molecular flexibility index (Phi) is 4.71. The molecule has 2 aromatic rings. The fraction of sp³-hybridized carbons (Fsp3) is 0.357. The maximum Gasteiger partial charge on any atom is 0.0300 e. The van der Waals surface area contributed by atoms with Gasteiger partial charge in [0.15, 0.2) is 0 Å². The van der Waals surface area contributed by atoms with Crippen LogP contribution in [-0.4, -0.2) is 17.6 Å². The number of aromatic nitrogens is 1. The molecule has 2 nitrogen and oxygen atoms in total. The Labute approximate surface area is 107 Å². The third kappa shape index (κ3) is 3.95. The second kappa shape index (κ2) is 6.52. The van der Waals surface area contributed by atoms with Crippen molar-refractivity contribution in [3.05, 3.63) is 52.5 Å². The van der Waals surface area contributed by atoms with Crippen molar-refractivity contribution >= 4 is 11.3 Å². The molecule has 0 aliphatic carbocycles. The van der Waals surface area contributed by atoms with Gasteiger partial charge in [0.1, 0.15) is 0 Å². The monoisotopic (exact) mass is 246 g/mol. The Balaban J connectivity index is 1.97. The van der Waals surface area contributed by atoms with Crippen LogP contribution in [0.15, 0.2) is 41.4 Å². The van der Waals surface area contributed by atoms with E-state index >= 15 is 0 Å². The van der Waals surface area contributed by atoms with Crippen molar-refractivity contribution in [1.82, 2.24) is 10.3 Å². The molecule has 0 spiro atoms. The van der Waals surface area contributed by atoms with Gasteiger partial charge in [-0.05, 0) is 53.4 Å². The third-order valence-corrected chi connectivity index (χ3v) is 3.49. The van der Waals surface area contributed by atoms with Crippen LogP contribution in [0.2, 0.25) is 0 Å². The lowest BCUT2D eigenvalue weighted by Gasteiger charge is -2.17. The predicted octanol–water partition coefficient (Wildman–Crippen LogP) is 2.91. The highest BCUT2D eigenvalue weighted by atomic mass is 32.1. The van der Waals surface area contributed by atoms with Crippen molar-refractivity contribution < 1.29 is 0 Å². The molecule has 1 N–H and O–H groups in total. The highest BCUT2D eigenvalue weighted by molar-refractivity contribution is 7.07. The van der Waals surface area contributed by atoms with Gasteiger partial charge < -0.3 is 5.32 Å². The minimum atomic E-state index is 0.499. The second-order valence-electron chi connectivity index (χ2n) is 4.16. The zero-order valence-corrected chi connectivity index (χ0v) is 10.9. The number of rotatable bonds is 6. The van der Waals surface area contributed by atoms with Gasteiger partial charge in [0.2, 0.25) is 0 Å². The molecule has 0 aliphatic rings. The summed E-state index contributed by atoms with van der Waals surface area (Å²) in [6.07, 6.45) is 5.91. The molecule has 17 heavy (non-hydrogen) atoms. The van der Waals surface area contributed by atoms with Gasteiger partial charge in [0, 0.05) is 18.4 Å². The molecule has 0 bridgehead atoms. The Morgan fingerprint density at radius 1 is 1.29 bits per heavy atom. The topological polar surface area (TPSA) is 24.9 Å². The van der Waals surface area contributed by atoms with E-state index in [-0.39, 0.29) is 0 Å². The van der Waals surface area contributed by atoms with Crippen molar-refractivity contribution in [2.24, 2.45) is 0 Å². The van der Waals surface area contributed by atoms with E-state index < -0.39 is 0 Å². The first-order valence-corrected chi connectivity index (χ1v) is 6.96. The van der Waals surface area contributed by atoms with E-state index in [2.05, 4.69) is 40.1 Å². The van der Waals surface area contributed by atoms with Crippen LogP contribution in [0.1, 0.15) is 18.1 Å². The molecule has 1 unspecified atom stereocenters. The summed E-state index contributed by atoms with van der Waals surface area (Å²) in [6.45, 7) is 3.17. The zero-order valence-electron chi connectivity index (χ0n) is 10.1. The quantitative estimate of drug-likeness (QED) is 0.847. The van der Waals surface area contributed by atoms with Crippen LogP contribution in [0, 0.1) is 0 Å². The van der Waals surface area contributed by atoms with E-state index in [1.807, 2.05) is 18.5 Å². The molecule has 0 aromatic carbocycles. The Bertz CT molecular complexity index is 411. The van der Waals surface area contributed by atoms with E-state index in [0.717, 1.165) is 19.4 Å². The lowest BCUT2D eigenvalue weighted by Crippen LogP contribution is -2.32. The van der Waals surface area contributed by atoms with Gasteiger partial charge in [-0.15, -0.1) is 0 Å². The van der Waals surface area contributed by atoms with E-state index in [1.54, 1.807) is 11.3 Å². The smallest absolute Gasteiger partial charge is 0.0300 e. The molecule has 3 heteroatoms. The Morgan fingerprint density at radius 3 is 2.82 bits per heavy atom. The number of pyridine rings is 1. The maximum absolute atomic E-state index is 4.17. The normalized spacial score (nSPS) is 12.5. The SMILES string of the molecule is CCNC(Cc1cccnc1)Cc1ccsc1. The van der Waals surface area contributed by atoms with Crippen LogP contribution < -0.4 is 5.32 Å². The van der Waals surface area contributed by atoms with E-state index in [0.29, 0.717) is 6.04 Å². The van der Waals surface area contributed by atoms with Gasteiger partial charge >= 0.3 is 0 Å². The van der Waals surface area contributed by atoms with Crippen LogP contribution in [-0.2, 0) is 12.8 Å². The van der Waals surface area contributed by atoms with E-state index in [1.165, 1.54) is 11.1 Å². The molecule has 0 radical (unpaired) electrons. The standard InChI is InChI=1S/C14H18N2S/c1-2-16-14(9-13-5-7-17-11-13)8-12-4-3-6-15-10-12/h3-7,10-11,14,16H,2,8-9H2,1H3. The van der Waals surface area contributed by atoms with E-state index in [9.17, 15) is 0 Å². The van der Waals surface area contributed by atoms with Crippen molar-refractivity contribution in [1.29, 1.82) is 0 Å². The number of hydrogen-bond acceptors (Lipinski definition) is 3. The third-order valence-electron chi connectivity index (χ3n) is 2.76. The summed E-state index contributed by atoms with van der Waals surface area (Å²) in [7, 11) is 0. The molecule has 0 fully saturated rings. The van der Waals surface area contributed by atoms with Crippen LogP contribution in [0.25, 0.3) is 0 Å². The minimum absolute atomic E-state index is 0.499. The first-order chi connectivity index (χ1) is 8.38. The van der Waals surface area contributed by atoms with E-state index in [4.69, 9.17) is 0 Å². The van der Waals surface area contributed by atoms with Gasteiger partial charge in [-0.25, -0.2) is 0 Å². The fourth-order valence-electron chi connectivity index (χ4n) is 2.00. The lowest BCUT2D eigenvalue weighted by atomic mass is 10.0. The number of likely N-dealkylation sites (N-methyl/N-ethyl adjacent to an activating group) is 1. The molecular weight excluding hydrogens is 228 g/mol. The zero-order chi connectivity index (χ0) is 11.9. The van der Waals surface area contributed by atoms with Gasteiger partial charge in [0.25, 0.3) is 0 Å². The molecular formula is C14H18N2S. The first-order valence-electron chi connectivity index (χ1n) is 6.02. The lowest BCUT2D eigenvalue weighted by molar-refractivity contribution is 0.521. The van der Waals surface area contributed by atoms with Gasteiger partial charge in [0.05, 0.1) is 0 Å². The molecule has 2 rings (SSSR count). The number of nitrogens with one attached hydrogen (secondary N) is 1. The first kappa shape index (κ1) is 12.3. The van der Waals surface area contributed by atoms with Crippen LogP contribution >= 0.6 is 11.3 Å². The summed E-state index contributed by atoms with van der Waals surface area (Å²) in [5.41, 5.74) is 2.72. The predicted molar refractivity (Wildman–Crippen MR) is 73.4 cm³/mol. The minimum Gasteiger partial charge on any atom is -0.314 e. The highest BCUT2D eigenvalue weighted by Crippen LogP contribution is 2.11. The molecule has 0 saturated heterocycles. The summed E-state index contributed by atoms with van der Waals surface area (Å²) in [5, 5.41) is 7.92. The van der Waals surface area contributed by atoms with Crippen LogP contribution in [0.3, 0.4) is 0 Å². The van der Waals surface area contributed by atoms with Gasteiger partial charge in [-0.1, -0.05) is 13.0 Å².